The van der Waals surface area contributed by atoms with Crippen LogP contribution in [-0.4, -0.2) is 43.4 Å². The molecule has 1 aromatic carbocycles. The third-order valence-electron chi connectivity index (χ3n) is 3.90. The predicted octanol–water partition coefficient (Wildman–Crippen LogP) is 1.23. The number of nitrogens with zero attached hydrogens (tertiary/aromatic N) is 3. The Labute approximate surface area is 129 Å². The molecule has 0 aliphatic carbocycles. The van der Waals surface area contributed by atoms with Gasteiger partial charge in [0.15, 0.2) is 0 Å². The number of piperidine rings is 1. The minimum Gasteiger partial charge on any atom is -0.341 e. The standard InChI is InChI=1S/C14H19FN4O2S/c1-18-13-8-10(15)5-6-12(13)16-14(18)19-7-3-4-11(9-19)17-22(2,20)21/h5-6,8,11,17H,3-4,7,9H2,1-2H3. The molecule has 8 heteroatoms. The van der Waals surface area contributed by atoms with Gasteiger partial charge in [-0.15, -0.1) is 0 Å². The molecule has 1 fully saturated rings. The fraction of sp³-hybridized carbons (Fsp3) is 0.500. The van der Waals surface area contributed by atoms with E-state index in [-0.39, 0.29) is 11.9 Å². The van der Waals surface area contributed by atoms with E-state index in [4.69, 9.17) is 0 Å². The molecule has 1 aliphatic heterocycles. The average Bonchev–Trinajstić information content (AvgIpc) is 2.74. The molecule has 0 amide bonds. The number of hydrogen-bond donors (Lipinski definition) is 1. The van der Waals surface area contributed by atoms with Crippen molar-refractivity contribution in [2.24, 2.45) is 7.05 Å². The van der Waals surface area contributed by atoms with E-state index in [2.05, 4.69) is 9.71 Å². The van der Waals surface area contributed by atoms with Crippen LogP contribution < -0.4 is 9.62 Å². The normalized spacial score (nSPS) is 19.8. The topological polar surface area (TPSA) is 67.2 Å². The number of sulfonamides is 1. The van der Waals surface area contributed by atoms with Crippen molar-refractivity contribution < 1.29 is 12.8 Å². The highest BCUT2D eigenvalue weighted by molar-refractivity contribution is 7.88. The second kappa shape index (κ2) is 5.51. The molecular formula is C14H19FN4O2S. The van der Waals surface area contributed by atoms with Crippen LogP contribution in [0.2, 0.25) is 0 Å². The van der Waals surface area contributed by atoms with Gasteiger partial charge in [-0.05, 0) is 31.0 Å². The van der Waals surface area contributed by atoms with Crippen molar-refractivity contribution in [2.75, 3.05) is 24.2 Å². The second-order valence-corrected chi connectivity index (χ2v) is 7.56. The lowest BCUT2D eigenvalue weighted by atomic mass is 10.1. The summed E-state index contributed by atoms with van der Waals surface area (Å²) >= 11 is 0. The van der Waals surface area contributed by atoms with Crippen LogP contribution in [0.4, 0.5) is 10.3 Å². The summed E-state index contributed by atoms with van der Waals surface area (Å²) in [5.41, 5.74) is 1.46. The number of rotatable bonds is 3. The maximum atomic E-state index is 13.4. The first-order valence-corrected chi connectivity index (χ1v) is 9.07. The molecule has 2 aromatic rings. The zero-order chi connectivity index (χ0) is 15.9. The van der Waals surface area contributed by atoms with Gasteiger partial charge in [0, 0.05) is 26.2 Å². The number of hydrogen-bond acceptors (Lipinski definition) is 4. The Bertz CT molecular complexity index is 803. The Morgan fingerprint density at radius 2 is 2.18 bits per heavy atom. The molecule has 1 aromatic heterocycles. The molecule has 0 saturated carbocycles. The van der Waals surface area contributed by atoms with Crippen LogP contribution in [0.25, 0.3) is 11.0 Å². The number of halogens is 1. The summed E-state index contributed by atoms with van der Waals surface area (Å²) in [6, 6.07) is 4.38. The first kappa shape index (κ1) is 15.2. The predicted molar refractivity (Wildman–Crippen MR) is 83.9 cm³/mol. The summed E-state index contributed by atoms with van der Waals surface area (Å²) in [5, 5.41) is 0. The van der Waals surface area contributed by atoms with E-state index in [1.54, 1.807) is 6.07 Å². The third kappa shape index (κ3) is 3.07. The highest BCUT2D eigenvalue weighted by Gasteiger charge is 2.25. The summed E-state index contributed by atoms with van der Waals surface area (Å²) in [5.74, 6) is 0.443. The highest BCUT2D eigenvalue weighted by atomic mass is 32.2. The van der Waals surface area contributed by atoms with Crippen molar-refractivity contribution in [1.29, 1.82) is 0 Å². The molecule has 120 valence electrons. The van der Waals surface area contributed by atoms with Gasteiger partial charge < -0.3 is 9.47 Å². The number of benzene rings is 1. The van der Waals surface area contributed by atoms with Gasteiger partial charge in [-0.1, -0.05) is 0 Å². The average molecular weight is 326 g/mol. The van der Waals surface area contributed by atoms with Crippen LogP contribution in [0.1, 0.15) is 12.8 Å². The Morgan fingerprint density at radius 3 is 2.91 bits per heavy atom. The summed E-state index contributed by atoms with van der Waals surface area (Å²) in [6.45, 7) is 1.37. The van der Waals surface area contributed by atoms with Crippen LogP contribution >= 0.6 is 0 Å². The first-order chi connectivity index (χ1) is 10.3. The largest absolute Gasteiger partial charge is 0.341 e. The molecule has 6 nitrogen and oxygen atoms in total. The lowest BCUT2D eigenvalue weighted by Crippen LogP contribution is -2.48. The van der Waals surface area contributed by atoms with Gasteiger partial charge in [0.05, 0.1) is 17.3 Å². The maximum absolute atomic E-state index is 13.4. The summed E-state index contributed by atoms with van der Waals surface area (Å²) < 4.78 is 40.7. The van der Waals surface area contributed by atoms with Crippen molar-refractivity contribution in [3.63, 3.8) is 0 Å². The van der Waals surface area contributed by atoms with Gasteiger partial charge >= 0.3 is 0 Å². The van der Waals surface area contributed by atoms with E-state index in [1.165, 1.54) is 18.4 Å². The van der Waals surface area contributed by atoms with Crippen LogP contribution in [0.3, 0.4) is 0 Å². The van der Waals surface area contributed by atoms with E-state index in [0.29, 0.717) is 6.54 Å². The molecule has 3 rings (SSSR count). The Morgan fingerprint density at radius 1 is 1.41 bits per heavy atom. The Balaban J connectivity index is 1.89. The molecule has 1 aliphatic rings. The number of fused-ring (bicyclic) bond motifs is 1. The third-order valence-corrected chi connectivity index (χ3v) is 4.67. The molecule has 1 saturated heterocycles. The minimum absolute atomic E-state index is 0.125. The zero-order valence-corrected chi connectivity index (χ0v) is 13.4. The highest BCUT2D eigenvalue weighted by Crippen LogP contribution is 2.24. The van der Waals surface area contributed by atoms with Gasteiger partial charge in [0.25, 0.3) is 0 Å². The van der Waals surface area contributed by atoms with Crippen LogP contribution in [0.5, 0.6) is 0 Å². The van der Waals surface area contributed by atoms with Gasteiger partial charge in [-0.2, -0.15) is 0 Å². The number of nitrogens with one attached hydrogen (secondary N) is 1. The molecule has 1 N–H and O–H groups in total. The van der Waals surface area contributed by atoms with Crippen molar-refractivity contribution in [2.45, 2.75) is 18.9 Å². The second-order valence-electron chi connectivity index (χ2n) is 5.78. The molecule has 1 atom stereocenters. The number of aromatic nitrogens is 2. The lowest BCUT2D eigenvalue weighted by molar-refractivity contribution is 0.461. The van der Waals surface area contributed by atoms with Gasteiger partial charge in [0.1, 0.15) is 5.82 Å². The monoisotopic (exact) mass is 326 g/mol. The number of anilines is 1. The van der Waals surface area contributed by atoms with Gasteiger partial charge in [-0.25, -0.2) is 22.5 Å². The van der Waals surface area contributed by atoms with Gasteiger partial charge in [-0.3, -0.25) is 0 Å². The summed E-state index contributed by atoms with van der Waals surface area (Å²) in [6.07, 6.45) is 2.86. The smallest absolute Gasteiger partial charge is 0.209 e. The molecule has 0 radical (unpaired) electrons. The first-order valence-electron chi connectivity index (χ1n) is 7.18. The van der Waals surface area contributed by atoms with Crippen molar-refractivity contribution >= 4 is 27.0 Å². The SMILES string of the molecule is Cn1c(N2CCCC(NS(C)(=O)=O)C2)nc2ccc(F)cc21. The van der Waals surface area contributed by atoms with Crippen LogP contribution in [-0.2, 0) is 17.1 Å². The number of imidazole rings is 1. The molecule has 2 heterocycles. The Hall–Kier alpha value is -1.67. The Kier molecular flexibility index (Phi) is 3.82. The molecule has 1 unspecified atom stereocenters. The van der Waals surface area contributed by atoms with Crippen molar-refractivity contribution in [3.05, 3.63) is 24.0 Å². The molecular weight excluding hydrogens is 307 g/mol. The summed E-state index contributed by atoms with van der Waals surface area (Å²) in [7, 11) is -1.38. The summed E-state index contributed by atoms with van der Waals surface area (Å²) in [4.78, 5) is 6.60. The van der Waals surface area contributed by atoms with E-state index in [9.17, 15) is 12.8 Å². The fourth-order valence-electron chi connectivity index (χ4n) is 2.99. The fourth-order valence-corrected chi connectivity index (χ4v) is 3.79. The molecule has 0 spiro atoms. The quantitative estimate of drug-likeness (QED) is 0.921. The van der Waals surface area contributed by atoms with E-state index in [0.717, 1.165) is 36.4 Å². The molecule has 0 bridgehead atoms. The van der Waals surface area contributed by atoms with E-state index in [1.807, 2.05) is 16.5 Å². The van der Waals surface area contributed by atoms with Crippen LogP contribution in [0, 0.1) is 5.82 Å². The number of aryl methyl sites for hydroxylation is 1. The van der Waals surface area contributed by atoms with Crippen molar-refractivity contribution in [1.82, 2.24) is 14.3 Å². The lowest BCUT2D eigenvalue weighted by Gasteiger charge is -2.33. The minimum atomic E-state index is -3.22. The van der Waals surface area contributed by atoms with Crippen molar-refractivity contribution in [3.8, 4) is 0 Å². The van der Waals surface area contributed by atoms with Gasteiger partial charge in [0.2, 0.25) is 16.0 Å². The zero-order valence-electron chi connectivity index (χ0n) is 12.6. The molecule has 22 heavy (non-hydrogen) atoms. The van der Waals surface area contributed by atoms with Crippen LogP contribution in [0.15, 0.2) is 18.2 Å². The van der Waals surface area contributed by atoms with E-state index < -0.39 is 10.0 Å². The maximum Gasteiger partial charge on any atom is 0.209 e. The van der Waals surface area contributed by atoms with E-state index >= 15 is 0 Å².